The van der Waals surface area contributed by atoms with Crippen LogP contribution in [0.1, 0.15) is 16.8 Å². The van der Waals surface area contributed by atoms with Crippen LogP contribution in [0.25, 0.3) is 0 Å². The van der Waals surface area contributed by atoms with Crippen molar-refractivity contribution < 1.29 is 9.59 Å². The van der Waals surface area contributed by atoms with Crippen LogP contribution in [0.4, 0.5) is 5.69 Å². The molecule has 5 nitrogen and oxygen atoms in total. The largest absolute Gasteiger partial charge is 0.326 e. The Hall–Kier alpha value is -2.21. The first-order valence-corrected chi connectivity index (χ1v) is 8.24. The summed E-state index contributed by atoms with van der Waals surface area (Å²) in [6.07, 6.45) is -0.0525. The lowest BCUT2D eigenvalue weighted by atomic mass is 10.2. The fourth-order valence-electron chi connectivity index (χ4n) is 1.87. The van der Waals surface area contributed by atoms with Crippen molar-refractivity contribution >= 4 is 52.3 Å². The third-order valence-electron chi connectivity index (χ3n) is 3.05. The molecule has 0 saturated carbocycles. The third kappa shape index (κ3) is 5.67. The maximum Gasteiger partial charge on any atom is 0.271 e. The number of hydrazine groups is 1. The average molecular weight is 399 g/mol. The molecule has 0 atom stereocenters. The number of amides is 2. The van der Waals surface area contributed by atoms with E-state index in [2.05, 4.69) is 22.7 Å². The van der Waals surface area contributed by atoms with Crippen molar-refractivity contribution in [1.29, 1.82) is 0 Å². The van der Waals surface area contributed by atoms with E-state index >= 15 is 0 Å². The second-order valence-electron chi connectivity index (χ2n) is 5.02. The van der Waals surface area contributed by atoms with Crippen molar-refractivity contribution in [3.63, 3.8) is 0 Å². The number of hydrogen-bond donors (Lipinski definition) is 3. The summed E-state index contributed by atoms with van der Waals surface area (Å²) in [5.41, 5.74) is 6.14. The Balaban J connectivity index is 1.83. The Kier molecular flexibility index (Phi) is 6.70. The maximum absolute atomic E-state index is 12.0. The van der Waals surface area contributed by atoms with Crippen molar-refractivity contribution in [2.75, 3.05) is 5.32 Å². The molecular weight excluding hydrogens is 385 g/mol. The Morgan fingerprint density at radius 1 is 0.920 bits per heavy atom. The Morgan fingerprint density at radius 2 is 1.64 bits per heavy atom. The van der Waals surface area contributed by atoms with Gasteiger partial charge in [0.2, 0.25) is 5.91 Å². The van der Waals surface area contributed by atoms with Gasteiger partial charge in [0.05, 0.1) is 27.1 Å². The molecule has 0 heterocycles. The molecule has 0 unspecified atom stereocenters. The molecule has 0 aliphatic rings. The number of carbonyl (C=O) groups is 2. The van der Waals surface area contributed by atoms with Gasteiger partial charge < -0.3 is 10.7 Å². The van der Waals surface area contributed by atoms with E-state index in [9.17, 15) is 9.59 Å². The quantitative estimate of drug-likeness (QED) is 0.631. The Morgan fingerprint density at radius 3 is 2.32 bits per heavy atom. The maximum atomic E-state index is 12.0. The second-order valence-corrected chi connectivity index (χ2v) is 6.24. The molecule has 0 fully saturated rings. The van der Waals surface area contributed by atoms with E-state index in [1.165, 1.54) is 6.07 Å². The fraction of sp³-hybridized carbons (Fsp3) is 0.0588. The number of nitrogens with one attached hydrogen (secondary N) is 3. The van der Waals surface area contributed by atoms with E-state index in [-0.39, 0.29) is 12.3 Å². The third-order valence-corrected chi connectivity index (χ3v) is 4.12. The summed E-state index contributed by atoms with van der Waals surface area (Å²) in [7, 11) is 0. The van der Waals surface area contributed by atoms with E-state index in [1.54, 1.807) is 36.4 Å². The first-order chi connectivity index (χ1) is 11.9. The van der Waals surface area contributed by atoms with Crippen LogP contribution in [0, 0.1) is 0 Å². The van der Waals surface area contributed by atoms with E-state index < -0.39 is 5.91 Å². The molecule has 25 heavy (non-hydrogen) atoms. The molecule has 2 amide bonds. The summed E-state index contributed by atoms with van der Waals surface area (Å²) >= 11 is 17.6. The summed E-state index contributed by atoms with van der Waals surface area (Å²) in [5.74, 6) is -0.764. The number of benzene rings is 2. The van der Waals surface area contributed by atoms with Gasteiger partial charge in [-0.1, -0.05) is 53.5 Å². The van der Waals surface area contributed by atoms with Gasteiger partial charge in [-0.3, -0.25) is 15.0 Å². The molecule has 0 spiro atoms. The van der Waals surface area contributed by atoms with Crippen molar-refractivity contribution in [2.24, 2.45) is 0 Å². The second kappa shape index (κ2) is 8.76. The monoisotopic (exact) mass is 397 g/mol. The zero-order valence-corrected chi connectivity index (χ0v) is 15.2. The van der Waals surface area contributed by atoms with Gasteiger partial charge in [-0.05, 0) is 30.3 Å². The Labute approximate surface area is 159 Å². The van der Waals surface area contributed by atoms with Crippen LogP contribution in [0.15, 0.2) is 54.7 Å². The smallest absolute Gasteiger partial charge is 0.271 e. The molecular formula is C17H14Cl3N3O2. The highest BCUT2D eigenvalue weighted by Crippen LogP contribution is 2.25. The van der Waals surface area contributed by atoms with Gasteiger partial charge in [-0.25, -0.2) is 0 Å². The predicted molar refractivity (Wildman–Crippen MR) is 101 cm³/mol. The van der Waals surface area contributed by atoms with Crippen LogP contribution in [0.3, 0.4) is 0 Å². The van der Waals surface area contributed by atoms with Gasteiger partial charge in [0.25, 0.3) is 5.91 Å². The van der Waals surface area contributed by atoms with Gasteiger partial charge in [0.15, 0.2) is 0 Å². The van der Waals surface area contributed by atoms with Gasteiger partial charge in [-0.2, -0.15) is 0 Å². The van der Waals surface area contributed by atoms with Gasteiger partial charge in [0, 0.05) is 11.4 Å². The molecule has 0 bridgehead atoms. The summed E-state index contributed by atoms with van der Waals surface area (Å²) in [6, 6.07) is 11.4. The molecule has 8 heteroatoms. The number of halogens is 3. The molecule has 0 radical (unpaired) electrons. The lowest BCUT2D eigenvalue weighted by molar-refractivity contribution is -0.115. The first-order valence-electron chi connectivity index (χ1n) is 7.10. The molecule has 130 valence electrons. The van der Waals surface area contributed by atoms with E-state index in [0.29, 0.717) is 32.0 Å². The highest BCUT2D eigenvalue weighted by atomic mass is 35.5. The van der Waals surface area contributed by atoms with Crippen molar-refractivity contribution in [1.82, 2.24) is 10.9 Å². The number of carbonyl (C=O) groups excluding carboxylic acids is 2. The lowest BCUT2D eigenvalue weighted by Crippen LogP contribution is -2.37. The van der Waals surface area contributed by atoms with Crippen molar-refractivity contribution in [3.8, 4) is 0 Å². The van der Waals surface area contributed by atoms with Crippen LogP contribution in [-0.2, 0) is 4.79 Å². The van der Waals surface area contributed by atoms with E-state index in [1.807, 2.05) is 0 Å². The van der Waals surface area contributed by atoms with E-state index in [0.717, 1.165) is 0 Å². The SMILES string of the molecule is C=C(CC(=O)Nc1ccc(Cl)c(Cl)c1)NNC(=O)c1ccccc1Cl. The Bertz CT molecular complexity index is 825. The lowest BCUT2D eigenvalue weighted by Gasteiger charge is -2.12. The first kappa shape index (κ1) is 19.1. The average Bonchev–Trinajstić information content (AvgIpc) is 2.56. The van der Waals surface area contributed by atoms with Crippen molar-refractivity contribution in [3.05, 3.63) is 75.4 Å². The van der Waals surface area contributed by atoms with Crippen LogP contribution in [0.5, 0.6) is 0 Å². The zero-order chi connectivity index (χ0) is 18.4. The van der Waals surface area contributed by atoms with Gasteiger partial charge in [-0.15, -0.1) is 0 Å². The molecule has 2 aromatic rings. The molecule has 2 aromatic carbocycles. The highest BCUT2D eigenvalue weighted by molar-refractivity contribution is 6.42. The molecule has 0 aliphatic heterocycles. The summed E-state index contributed by atoms with van der Waals surface area (Å²) in [5, 5.41) is 3.71. The van der Waals surface area contributed by atoms with Gasteiger partial charge in [0.1, 0.15) is 0 Å². The minimum atomic E-state index is -0.434. The molecule has 0 aromatic heterocycles. The number of rotatable bonds is 6. The topological polar surface area (TPSA) is 70.2 Å². The molecule has 3 N–H and O–H groups in total. The van der Waals surface area contributed by atoms with Crippen LogP contribution >= 0.6 is 34.8 Å². The minimum absolute atomic E-state index is 0.0525. The molecule has 2 rings (SSSR count). The summed E-state index contributed by atoms with van der Waals surface area (Å²) in [4.78, 5) is 24.0. The predicted octanol–water partition coefficient (Wildman–Crippen LogP) is 4.42. The molecule has 0 aliphatic carbocycles. The molecule has 0 saturated heterocycles. The van der Waals surface area contributed by atoms with E-state index in [4.69, 9.17) is 34.8 Å². The summed E-state index contributed by atoms with van der Waals surface area (Å²) < 4.78 is 0. The summed E-state index contributed by atoms with van der Waals surface area (Å²) in [6.45, 7) is 3.69. The zero-order valence-electron chi connectivity index (χ0n) is 12.9. The minimum Gasteiger partial charge on any atom is -0.326 e. The normalized spacial score (nSPS) is 10.0. The van der Waals surface area contributed by atoms with Crippen LogP contribution < -0.4 is 16.2 Å². The number of anilines is 1. The van der Waals surface area contributed by atoms with Gasteiger partial charge >= 0.3 is 0 Å². The van der Waals surface area contributed by atoms with Crippen LogP contribution in [-0.4, -0.2) is 11.8 Å². The fourth-order valence-corrected chi connectivity index (χ4v) is 2.39. The standard InChI is InChI=1S/C17H14Cl3N3O2/c1-10(22-23-17(25)12-4-2-3-5-13(12)18)8-16(24)21-11-6-7-14(19)15(20)9-11/h2-7,9,22H,1,8H2,(H,21,24)(H,23,25). The van der Waals surface area contributed by atoms with Crippen LogP contribution in [0.2, 0.25) is 15.1 Å². The highest BCUT2D eigenvalue weighted by Gasteiger charge is 2.11. The van der Waals surface area contributed by atoms with Crippen molar-refractivity contribution in [2.45, 2.75) is 6.42 Å². The number of hydrogen-bond acceptors (Lipinski definition) is 3.